The summed E-state index contributed by atoms with van der Waals surface area (Å²) < 4.78 is 5.41. The predicted octanol–water partition coefficient (Wildman–Crippen LogP) is 1.97. The number of nitro benzene ring substituents is 1. The standard InChI is InChI=1S/C12H16BrN3O4/c1-7-5-8(13)10(6-11(7)16(18)19)15-12(17)9(14)3-4-20-2/h5-6,9H,3-4,14H2,1-2H3,(H,15,17). The monoisotopic (exact) mass is 345 g/mol. The molecule has 8 heteroatoms. The second-order valence-electron chi connectivity index (χ2n) is 4.25. The topological polar surface area (TPSA) is 107 Å². The highest BCUT2D eigenvalue weighted by Crippen LogP contribution is 2.30. The van der Waals surface area contributed by atoms with Crippen molar-refractivity contribution in [2.24, 2.45) is 5.73 Å². The molecule has 0 aromatic heterocycles. The third-order valence-corrected chi connectivity index (χ3v) is 3.37. The van der Waals surface area contributed by atoms with E-state index < -0.39 is 16.9 Å². The first-order valence-corrected chi connectivity index (χ1v) is 6.66. The van der Waals surface area contributed by atoms with Crippen LogP contribution in [0, 0.1) is 17.0 Å². The molecule has 0 fully saturated rings. The van der Waals surface area contributed by atoms with Gasteiger partial charge in [-0.15, -0.1) is 0 Å². The Morgan fingerprint density at radius 2 is 2.25 bits per heavy atom. The largest absolute Gasteiger partial charge is 0.385 e. The summed E-state index contributed by atoms with van der Waals surface area (Å²) in [5.41, 5.74) is 6.45. The van der Waals surface area contributed by atoms with Gasteiger partial charge in [0, 0.05) is 29.8 Å². The van der Waals surface area contributed by atoms with Crippen LogP contribution in [0.3, 0.4) is 0 Å². The number of carbonyl (C=O) groups excluding carboxylic acids is 1. The number of nitrogens with zero attached hydrogens (tertiary/aromatic N) is 1. The lowest BCUT2D eigenvalue weighted by Crippen LogP contribution is -2.36. The van der Waals surface area contributed by atoms with Crippen LogP contribution in [0.15, 0.2) is 16.6 Å². The van der Waals surface area contributed by atoms with Crippen LogP contribution in [-0.2, 0) is 9.53 Å². The van der Waals surface area contributed by atoms with E-state index in [0.717, 1.165) is 0 Å². The summed E-state index contributed by atoms with van der Waals surface area (Å²) in [6.07, 6.45) is 0.369. The van der Waals surface area contributed by atoms with Crippen LogP contribution in [0.2, 0.25) is 0 Å². The lowest BCUT2D eigenvalue weighted by Gasteiger charge is -2.13. The fourth-order valence-electron chi connectivity index (χ4n) is 1.56. The Kier molecular flexibility index (Phi) is 6.05. The third kappa shape index (κ3) is 4.26. The molecule has 1 aromatic carbocycles. The van der Waals surface area contributed by atoms with E-state index in [0.29, 0.717) is 28.8 Å². The number of hydrogen-bond acceptors (Lipinski definition) is 5. The lowest BCUT2D eigenvalue weighted by molar-refractivity contribution is -0.385. The summed E-state index contributed by atoms with van der Waals surface area (Å²) in [7, 11) is 1.52. The van der Waals surface area contributed by atoms with Crippen molar-refractivity contribution in [1.29, 1.82) is 0 Å². The van der Waals surface area contributed by atoms with Gasteiger partial charge in [0.05, 0.1) is 16.7 Å². The zero-order valence-corrected chi connectivity index (χ0v) is 12.8. The van der Waals surface area contributed by atoms with Crippen molar-refractivity contribution in [3.8, 4) is 0 Å². The number of methoxy groups -OCH3 is 1. The highest BCUT2D eigenvalue weighted by atomic mass is 79.9. The molecule has 0 saturated heterocycles. The predicted molar refractivity (Wildman–Crippen MR) is 78.6 cm³/mol. The van der Waals surface area contributed by atoms with Gasteiger partial charge in [-0.05, 0) is 35.3 Å². The Hall–Kier alpha value is -1.51. The van der Waals surface area contributed by atoms with E-state index in [1.54, 1.807) is 13.0 Å². The second-order valence-corrected chi connectivity index (χ2v) is 5.11. The molecule has 0 aliphatic carbocycles. The van der Waals surface area contributed by atoms with Crippen molar-refractivity contribution in [3.63, 3.8) is 0 Å². The average molecular weight is 346 g/mol. The molecule has 20 heavy (non-hydrogen) atoms. The maximum Gasteiger partial charge on any atom is 0.274 e. The summed E-state index contributed by atoms with van der Waals surface area (Å²) in [6.45, 7) is 1.99. The molecule has 0 aliphatic rings. The summed E-state index contributed by atoms with van der Waals surface area (Å²) in [4.78, 5) is 22.2. The fraction of sp³-hybridized carbons (Fsp3) is 0.417. The molecule has 0 radical (unpaired) electrons. The van der Waals surface area contributed by atoms with E-state index >= 15 is 0 Å². The maximum absolute atomic E-state index is 11.9. The number of benzene rings is 1. The number of nitrogens with two attached hydrogens (primary N) is 1. The van der Waals surface area contributed by atoms with Gasteiger partial charge in [0.25, 0.3) is 5.69 Å². The smallest absolute Gasteiger partial charge is 0.274 e. The van der Waals surface area contributed by atoms with E-state index in [-0.39, 0.29) is 5.69 Å². The summed E-state index contributed by atoms with van der Waals surface area (Å²) in [5.74, 6) is -0.416. The van der Waals surface area contributed by atoms with Crippen LogP contribution >= 0.6 is 15.9 Å². The molecule has 0 saturated carbocycles. The summed E-state index contributed by atoms with van der Waals surface area (Å²) in [6, 6.07) is 2.15. The SMILES string of the molecule is COCCC(N)C(=O)Nc1cc([N+](=O)[O-])c(C)cc1Br. The first-order chi connectivity index (χ1) is 9.36. The number of nitrogens with one attached hydrogen (secondary N) is 1. The van der Waals surface area contributed by atoms with Crippen molar-refractivity contribution in [2.45, 2.75) is 19.4 Å². The Morgan fingerprint density at radius 3 is 2.80 bits per heavy atom. The van der Waals surface area contributed by atoms with Gasteiger partial charge in [0.2, 0.25) is 5.91 Å². The minimum atomic E-state index is -0.734. The number of ether oxygens (including phenoxy) is 1. The van der Waals surface area contributed by atoms with E-state index in [4.69, 9.17) is 10.5 Å². The number of halogens is 1. The van der Waals surface area contributed by atoms with Gasteiger partial charge in [0.15, 0.2) is 0 Å². The molecule has 0 aliphatic heterocycles. The molecule has 0 heterocycles. The highest BCUT2D eigenvalue weighted by molar-refractivity contribution is 9.10. The van der Waals surface area contributed by atoms with Crippen molar-refractivity contribution < 1.29 is 14.5 Å². The maximum atomic E-state index is 11.9. The quantitative estimate of drug-likeness (QED) is 0.605. The minimum absolute atomic E-state index is 0.0611. The van der Waals surface area contributed by atoms with E-state index in [1.807, 2.05) is 0 Å². The van der Waals surface area contributed by atoms with Gasteiger partial charge in [-0.3, -0.25) is 14.9 Å². The van der Waals surface area contributed by atoms with Crippen LogP contribution in [0.5, 0.6) is 0 Å². The van der Waals surface area contributed by atoms with Gasteiger partial charge in [-0.1, -0.05) is 0 Å². The number of rotatable bonds is 6. The second kappa shape index (κ2) is 7.32. The zero-order chi connectivity index (χ0) is 15.3. The van der Waals surface area contributed by atoms with E-state index in [1.165, 1.54) is 13.2 Å². The van der Waals surface area contributed by atoms with E-state index in [2.05, 4.69) is 21.2 Å². The zero-order valence-electron chi connectivity index (χ0n) is 11.2. The number of aryl methyl sites for hydroxylation is 1. The van der Waals surface area contributed by atoms with Gasteiger partial charge >= 0.3 is 0 Å². The molecule has 7 nitrogen and oxygen atoms in total. The molecule has 0 spiro atoms. The minimum Gasteiger partial charge on any atom is -0.385 e. The van der Waals surface area contributed by atoms with Crippen LogP contribution in [-0.4, -0.2) is 30.6 Å². The third-order valence-electron chi connectivity index (χ3n) is 2.71. The number of carbonyl (C=O) groups is 1. The first-order valence-electron chi connectivity index (χ1n) is 5.86. The number of hydrogen-bond donors (Lipinski definition) is 2. The Balaban J connectivity index is 2.89. The molecule has 1 rings (SSSR count). The molecule has 110 valence electrons. The van der Waals surface area contributed by atoms with Crippen molar-refractivity contribution in [2.75, 3.05) is 19.0 Å². The average Bonchev–Trinajstić information content (AvgIpc) is 2.38. The molecular weight excluding hydrogens is 330 g/mol. The van der Waals surface area contributed by atoms with Gasteiger partial charge < -0.3 is 15.8 Å². The molecule has 1 amide bonds. The van der Waals surface area contributed by atoms with Crippen LogP contribution < -0.4 is 11.1 Å². The molecule has 3 N–H and O–H groups in total. The number of nitro groups is 1. The van der Waals surface area contributed by atoms with E-state index in [9.17, 15) is 14.9 Å². The van der Waals surface area contributed by atoms with Crippen molar-refractivity contribution in [3.05, 3.63) is 32.3 Å². The first kappa shape index (κ1) is 16.5. The number of anilines is 1. The Morgan fingerprint density at radius 1 is 1.60 bits per heavy atom. The van der Waals surface area contributed by atoms with Crippen molar-refractivity contribution in [1.82, 2.24) is 0 Å². The summed E-state index contributed by atoms with van der Waals surface area (Å²) >= 11 is 3.26. The van der Waals surface area contributed by atoms with Gasteiger partial charge in [0.1, 0.15) is 0 Å². The molecular formula is C12H16BrN3O4. The lowest BCUT2D eigenvalue weighted by atomic mass is 10.1. The summed E-state index contributed by atoms with van der Waals surface area (Å²) in [5, 5.41) is 13.5. The van der Waals surface area contributed by atoms with Gasteiger partial charge in [-0.2, -0.15) is 0 Å². The number of amides is 1. The Labute approximate surface area is 124 Å². The molecule has 0 bridgehead atoms. The van der Waals surface area contributed by atoms with Crippen molar-refractivity contribution >= 4 is 33.2 Å². The highest BCUT2D eigenvalue weighted by Gasteiger charge is 2.18. The molecule has 1 atom stereocenters. The van der Waals surface area contributed by atoms with Gasteiger partial charge in [-0.25, -0.2) is 0 Å². The normalized spacial score (nSPS) is 12.0. The van der Waals surface area contributed by atoms with Crippen LogP contribution in [0.4, 0.5) is 11.4 Å². The van der Waals surface area contributed by atoms with Crippen LogP contribution in [0.25, 0.3) is 0 Å². The molecule has 1 unspecified atom stereocenters. The molecule has 1 aromatic rings. The van der Waals surface area contributed by atoms with Crippen LogP contribution in [0.1, 0.15) is 12.0 Å². The Bertz CT molecular complexity index is 522. The fourth-order valence-corrected chi connectivity index (χ4v) is 2.11.